The van der Waals surface area contributed by atoms with Crippen molar-refractivity contribution in [3.05, 3.63) is 89.5 Å². The molecule has 2 aromatic heterocycles. The van der Waals surface area contributed by atoms with Gasteiger partial charge in [-0.15, -0.1) is 0 Å². The molecule has 4 rings (SSSR count). The molecule has 0 spiro atoms. The molecule has 0 bridgehead atoms. The Balaban J connectivity index is 1.55. The number of alkyl carbamates (subject to hydrolysis) is 1. The van der Waals surface area contributed by atoms with Gasteiger partial charge in [-0.05, 0) is 69.5 Å². The maximum Gasteiger partial charge on any atom is 0.407 e. The number of hydrogen-bond donors (Lipinski definition) is 2. The molecule has 2 aromatic carbocycles. The van der Waals surface area contributed by atoms with E-state index in [-0.39, 0.29) is 18.5 Å². The minimum absolute atomic E-state index is 0.191. The lowest BCUT2D eigenvalue weighted by Crippen LogP contribution is -2.32. The number of carbonyl (C=O) groups is 2. The first-order valence-electron chi connectivity index (χ1n) is 11.9. The summed E-state index contributed by atoms with van der Waals surface area (Å²) in [7, 11) is 0. The highest BCUT2D eigenvalue weighted by atomic mass is 16.6. The molecular formula is C28H31N5O3. The summed E-state index contributed by atoms with van der Waals surface area (Å²) in [5, 5.41) is 6.85. The summed E-state index contributed by atoms with van der Waals surface area (Å²) in [5.74, 6) is 0.540. The summed E-state index contributed by atoms with van der Waals surface area (Å²) in [5.41, 5.74) is 3.43. The third-order valence-corrected chi connectivity index (χ3v) is 5.70. The number of benzene rings is 2. The fourth-order valence-corrected chi connectivity index (χ4v) is 3.94. The topological polar surface area (TPSA) is 98.1 Å². The van der Waals surface area contributed by atoms with Crippen LogP contribution in [-0.4, -0.2) is 32.1 Å². The number of aromatic nitrogens is 3. The highest BCUT2D eigenvalue weighted by Gasteiger charge is 2.19. The summed E-state index contributed by atoms with van der Waals surface area (Å²) in [6, 6.07) is 15.1. The Morgan fingerprint density at radius 3 is 2.61 bits per heavy atom. The minimum Gasteiger partial charge on any atom is -0.444 e. The minimum atomic E-state index is -0.576. The monoisotopic (exact) mass is 485 g/mol. The van der Waals surface area contributed by atoms with Gasteiger partial charge in [0.25, 0.3) is 5.91 Å². The quantitative estimate of drug-likeness (QED) is 0.389. The third kappa shape index (κ3) is 5.89. The summed E-state index contributed by atoms with van der Waals surface area (Å²) < 4.78 is 7.14. The summed E-state index contributed by atoms with van der Waals surface area (Å²) >= 11 is 0. The van der Waals surface area contributed by atoms with Crippen molar-refractivity contribution in [2.75, 3.05) is 0 Å². The molecule has 36 heavy (non-hydrogen) atoms. The molecule has 1 unspecified atom stereocenters. The number of para-hydroxylation sites is 1. The highest BCUT2D eigenvalue weighted by molar-refractivity contribution is 5.96. The summed E-state index contributed by atoms with van der Waals surface area (Å²) in [6.07, 6.45) is 4.74. The van der Waals surface area contributed by atoms with E-state index in [1.807, 2.05) is 87.8 Å². The maximum atomic E-state index is 13.3. The molecule has 0 aliphatic heterocycles. The fraction of sp³-hybridized carbons (Fsp3) is 0.286. The Kier molecular flexibility index (Phi) is 7.05. The molecule has 8 nitrogen and oxygen atoms in total. The lowest BCUT2D eigenvalue weighted by Gasteiger charge is -2.20. The van der Waals surface area contributed by atoms with Crippen LogP contribution in [0.4, 0.5) is 4.79 Å². The van der Waals surface area contributed by atoms with E-state index in [2.05, 4.69) is 15.6 Å². The Bertz CT molecular complexity index is 1390. The van der Waals surface area contributed by atoms with Crippen LogP contribution in [0, 0.1) is 6.92 Å². The number of amides is 2. The van der Waals surface area contributed by atoms with Crippen molar-refractivity contribution in [2.24, 2.45) is 0 Å². The largest absolute Gasteiger partial charge is 0.444 e. The fourth-order valence-electron chi connectivity index (χ4n) is 3.94. The number of aryl methyl sites for hydroxylation is 1. The van der Waals surface area contributed by atoms with E-state index in [9.17, 15) is 9.59 Å². The van der Waals surface area contributed by atoms with Gasteiger partial charge in [-0.25, -0.2) is 14.8 Å². The zero-order valence-electron chi connectivity index (χ0n) is 21.2. The van der Waals surface area contributed by atoms with E-state index >= 15 is 0 Å². The number of pyridine rings is 1. The van der Waals surface area contributed by atoms with Crippen LogP contribution in [0.5, 0.6) is 0 Å². The number of fused-ring (bicyclic) bond motifs is 1. The normalized spacial score (nSPS) is 12.2. The van der Waals surface area contributed by atoms with Gasteiger partial charge in [-0.3, -0.25) is 9.36 Å². The number of nitrogens with zero attached hydrogens (tertiary/aromatic N) is 3. The smallest absolute Gasteiger partial charge is 0.407 e. The first-order chi connectivity index (χ1) is 17.1. The maximum absolute atomic E-state index is 13.3. The van der Waals surface area contributed by atoms with Gasteiger partial charge < -0.3 is 15.4 Å². The third-order valence-electron chi connectivity index (χ3n) is 5.70. The van der Waals surface area contributed by atoms with Gasteiger partial charge >= 0.3 is 6.09 Å². The van der Waals surface area contributed by atoms with Gasteiger partial charge in [0, 0.05) is 29.9 Å². The van der Waals surface area contributed by atoms with Crippen molar-refractivity contribution in [1.82, 2.24) is 25.2 Å². The molecule has 0 saturated carbocycles. The molecule has 8 heteroatoms. The Hall–Kier alpha value is -4.20. The lowest BCUT2D eigenvalue weighted by molar-refractivity contribution is 0.0523. The SMILES string of the molecule is Cc1ccc(CNC(=O)OC(C)(C)C)cc1C(=O)NC(C)c1cc(-n2ccnc2)nc2ccccc12. The number of imidazole rings is 1. The van der Waals surface area contributed by atoms with Crippen LogP contribution in [0.1, 0.15) is 60.8 Å². The Morgan fingerprint density at radius 2 is 1.89 bits per heavy atom. The molecule has 2 N–H and O–H groups in total. The lowest BCUT2D eigenvalue weighted by atomic mass is 10.0. The van der Waals surface area contributed by atoms with Crippen LogP contribution in [0.3, 0.4) is 0 Å². The molecule has 0 aliphatic carbocycles. The second-order valence-electron chi connectivity index (χ2n) is 9.76. The molecule has 1 atom stereocenters. The standard InChI is InChI=1S/C28H31N5O3/c1-18-10-11-20(16-30-27(35)36-28(3,4)5)14-22(18)26(34)31-19(2)23-15-25(33-13-12-29-17-33)32-24-9-7-6-8-21(23)24/h6-15,17,19H,16H2,1-5H3,(H,30,35)(H,31,34). The molecule has 0 saturated heterocycles. The second-order valence-corrected chi connectivity index (χ2v) is 9.76. The van der Waals surface area contributed by atoms with E-state index in [0.717, 1.165) is 33.4 Å². The van der Waals surface area contributed by atoms with Gasteiger partial charge in [0.2, 0.25) is 0 Å². The molecule has 4 aromatic rings. The van der Waals surface area contributed by atoms with Crippen molar-refractivity contribution in [3.63, 3.8) is 0 Å². The average molecular weight is 486 g/mol. The number of hydrogen-bond acceptors (Lipinski definition) is 5. The number of rotatable bonds is 6. The van der Waals surface area contributed by atoms with Crippen LogP contribution in [0.15, 0.2) is 67.3 Å². The van der Waals surface area contributed by atoms with Crippen molar-refractivity contribution < 1.29 is 14.3 Å². The molecular weight excluding hydrogens is 454 g/mol. The molecule has 0 fully saturated rings. The van der Waals surface area contributed by atoms with E-state index in [4.69, 9.17) is 9.72 Å². The van der Waals surface area contributed by atoms with Crippen molar-refractivity contribution in [1.29, 1.82) is 0 Å². The Labute approximate surface area is 210 Å². The van der Waals surface area contributed by atoms with Crippen LogP contribution < -0.4 is 10.6 Å². The van der Waals surface area contributed by atoms with E-state index < -0.39 is 11.7 Å². The number of carbonyl (C=O) groups excluding carboxylic acids is 2. The van der Waals surface area contributed by atoms with Gasteiger partial charge in [-0.1, -0.05) is 30.3 Å². The van der Waals surface area contributed by atoms with Gasteiger partial charge in [0.15, 0.2) is 0 Å². The second kappa shape index (κ2) is 10.2. The Morgan fingerprint density at radius 1 is 1.11 bits per heavy atom. The highest BCUT2D eigenvalue weighted by Crippen LogP contribution is 2.26. The van der Waals surface area contributed by atoms with E-state index in [1.165, 1.54) is 0 Å². The molecule has 186 valence electrons. The van der Waals surface area contributed by atoms with E-state index in [0.29, 0.717) is 5.56 Å². The van der Waals surface area contributed by atoms with Gasteiger partial charge in [0.05, 0.1) is 11.6 Å². The molecule has 2 heterocycles. The first kappa shape index (κ1) is 24.9. The van der Waals surface area contributed by atoms with Crippen LogP contribution in [-0.2, 0) is 11.3 Å². The van der Waals surface area contributed by atoms with Gasteiger partial charge in [0.1, 0.15) is 17.7 Å². The van der Waals surface area contributed by atoms with Crippen molar-refractivity contribution >= 4 is 22.9 Å². The van der Waals surface area contributed by atoms with Crippen LogP contribution >= 0.6 is 0 Å². The zero-order valence-corrected chi connectivity index (χ0v) is 21.2. The summed E-state index contributed by atoms with van der Waals surface area (Å²) in [4.78, 5) is 34.2. The number of nitrogens with one attached hydrogen (secondary N) is 2. The van der Waals surface area contributed by atoms with E-state index in [1.54, 1.807) is 18.6 Å². The molecule has 0 aliphatic rings. The van der Waals surface area contributed by atoms with Crippen molar-refractivity contribution in [2.45, 2.75) is 52.8 Å². The summed E-state index contributed by atoms with van der Waals surface area (Å²) in [6.45, 7) is 9.55. The predicted molar refractivity (Wildman–Crippen MR) is 139 cm³/mol. The van der Waals surface area contributed by atoms with Crippen LogP contribution in [0.2, 0.25) is 0 Å². The predicted octanol–water partition coefficient (Wildman–Crippen LogP) is 5.24. The average Bonchev–Trinajstić information content (AvgIpc) is 3.36. The molecule has 2 amide bonds. The van der Waals surface area contributed by atoms with Crippen molar-refractivity contribution in [3.8, 4) is 5.82 Å². The molecule has 0 radical (unpaired) electrons. The van der Waals surface area contributed by atoms with Gasteiger partial charge in [-0.2, -0.15) is 0 Å². The first-order valence-corrected chi connectivity index (χ1v) is 11.9. The zero-order chi connectivity index (χ0) is 25.9. The number of ether oxygens (including phenoxy) is 1. The van der Waals surface area contributed by atoms with Crippen LogP contribution in [0.25, 0.3) is 16.7 Å².